The molecule has 2 aromatic heterocycles. The number of rotatable bonds is 15. The average molecular weight is 977 g/mol. The Hall–Kier alpha value is -5.84. The van der Waals surface area contributed by atoms with Gasteiger partial charge in [0.1, 0.15) is 36.2 Å². The Morgan fingerprint density at radius 2 is 1.78 bits per heavy atom. The minimum atomic E-state index is -0.968. The summed E-state index contributed by atoms with van der Waals surface area (Å²) >= 11 is 7.86. The zero-order valence-corrected chi connectivity index (χ0v) is 42.4. The number of carbonyl (C=O) groups excluding carboxylic acids is 4. The number of hydrogen-bond acceptors (Lipinski definition) is 10. The minimum absolute atomic E-state index is 0.0219. The van der Waals surface area contributed by atoms with Crippen LogP contribution in [0.2, 0.25) is 5.02 Å². The van der Waals surface area contributed by atoms with Gasteiger partial charge < -0.3 is 35.0 Å². The van der Waals surface area contributed by atoms with Crippen molar-refractivity contribution >= 4 is 52.3 Å². The lowest BCUT2D eigenvalue weighted by Crippen LogP contribution is -2.74. The fraction of sp³-hybridized carbons (Fsp3) is 0.491. The van der Waals surface area contributed by atoms with E-state index in [0.29, 0.717) is 53.7 Å². The van der Waals surface area contributed by atoms with E-state index in [9.17, 15) is 24.3 Å². The predicted octanol–water partition coefficient (Wildman–Crippen LogP) is 8.46. The van der Waals surface area contributed by atoms with E-state index < -0.39 is 35.4 Å². The first-order valence-corrected chi connectivity index (χ1v) is 24.7. The molecule has 1 saturated carbocycles. The molecule has 4 atom stereocenters. The maximum Gasteiger partial charge on any atom is 0.256 e. The van der Waals surface area contributed by atoms with Crippen LogP contribution < -0.4 is 15.4 Å². The minimum Gasteiger partial charge on any atom is -0.489 e. The van der Waals surface area contributed by atoms with Crippen LogP contribution in [-0.4, -0.2) is 98.6 Å². The number of halogens is 1. The highest BCUT2D eigenvalue weighted by molar-refractivity contribution is 7.13. The summed E-state index contributed by atoms with van der Waals surface area (Å²) in [5.74, 6) is 5.56. The molecule has 2 aliphatic heterocycles. The molecule has 0 radical (unpaired) electrons. The summed E-state index contributed by atoms with van der Waals surface area (Å²) in [7, 11) is 0. The van der Waals surface area contributed by atoms with E-state index in [1.165, 1.54) is 4.90 Å². The van der Waals surface area contributed by atoms with E-state index in [0.717, 1.165) is 33.7 Å². The number of aliphatic hydroxyl groups is 1. The fourth-order valence-electron chi connectivity index (χ4n) is 10.5. The van der Waals surface area contributed by atoms with Gasteiger partial charge >= 0.3 is 0 Å². The zero-order chi connectivity index (χ0) is 50.0. The van der Waals surface area contributed by atoms with Crippen molar-refractivity contribution in [1.82, 2.24) is 30.4 Å². The summed E-state index contributed by atoms with van der Waals surface area (Å²) in [5, 5.41) is 16.9. The van der Waals surface area contributed by atoms with Crippen molar-refractivity contribution in [2.75, 3.05) is 19.8 Å². The Balaban J connectivity index is 0.849. The molecule has 3 aliphatic rings. The number of ether oxygens (including phenoxy) is 2. The molecule has 0 bridgehead atoms. The number of unbranched alkanes of at least 4 members (excludes halogenated alkanes) is 2. The highest BCUT2D eigenvalue weighted by atomic mass is 35.5. The van der Waals surface area contributed by atoms with E-state index in [2.05, 4.69) is 65.0 Å². The maximum atomic E-state index is 14.1. The highest BCUT2D eigenvalue weighted by Gasteiger charge is 2.67. The summed E-state index contributed by atoms with van der Waals surface area (Å²) in [6.07, 6.45) is 2.56. The molecule has 16 heteroatoms. The molecule has 4 heterocycles. The van der Waals surface area contributed by atoms with Gasteiger partial charge in [-0.15, -0.1) is 11.3 Å². The molecule has 3 N–H and O–H groups in total. The van der Waals surface area contributed by atoms with Gasteiger partial charge in [-0.25, -0.2) is 14.8 Å². The topological polar surface area (TPSA) is 168 Å². The maximum absolute atomic E-state index is 14.1. The molecule has 4 amide bonds. The van der Waals surface area contributed by atoms with Crippen molar-refractivity contribution < 1.29 is 33.8 Å². The molecule has 69 heavy (non-hydrogen) atoms. The van der Waals surface area contributed by atoms with Gasteiger partial charge in [0.05, 0.1) is 45.4 Å². The van der Waals surface area contributed by atoms with Crippen molar-refractivity contribution in [3.05, 3.63) is 105 Å². The van der Waals surface area contributed by atoms with Crippen LogP contribution in [0, 0.1) is 41.6 Å². The Morgan fingerprint density at radius 1 is 1.06 bits per heavy atom. The Labute approximate surface area is 414 Å². The molecule has 14 nitrogen and oxygen atoms in total. The lowest BCUT2D eigenvalue weighted by molar-refractivity contribution is -0.199. The number of nitrogens with one attached hydrogen (secondary N) is 2. The van der Waals surface area contributed by atoms with Crippen molar-refractivity contribution in [3.8, 4) is 28.0 Å². The number of pyridine rings is 1. The van der Waals surface area contributed by atoms with Crippen LogP contribution in [0.4, 0.5) is 5.69 Å². The molecular formula is C53H62ClN7O7S. The smallest absolute Gasteiger partial charge is 0.256 e. The number of carbonyl (C=O) groups is 4. The second-order valence-electron chi connectivity index (χ2n) is 20.6. The summed E-state index contributed by atoms with van der Waals surface area (Å²) < 4.78 is 12.1. The van der Waals surface area contributed by atoms with Crippen LogP contribution in [0.15, 0.2) is 60.2 Å². The Kier molecular flexibility index (Phi) is 15.3. The highest BCUT2D eigenvalue weighted by Crippen LogP contribution is 2.59. The second kappa shape index (κ2) is 20.6. The van der Waals surface area contributed by atoms with Crippen molar-refractivity contribution in [3.63, 3.8) is 0 Å². The number of aryl methyl sites for hydroxylation is 1. The van der Waals surface area contributed by atoms with Crippen LogP contribution >= 0.6 is 22.9 Å². The van der Waals surface area contributed by atoms with Gasteiger partial charge in [0.15, 0.2) is 0 Å². The zero-order valence-electron chi connectivity index (χ0n) is 40.8. The number of thiazole rings is 1. The second-order valence-corrected chi connectivity index (χ2v) is 21.9. The lowest BCUT2D eigenvalue weighted by Gasteiger charge is -2.65. The summed E-state index contributed by atoms with van der Waals surface area (Å²) in [4.78, 5) is 71.3. The third kappa shape index (κ3) is 11.0. The normalized spacial score (nSPS) is 21.0. The summed E-state index contributed by atoms with van der Waals surface area (Å²) in [5.41, 5.74) is 5.65. The van der Waals surface area contributed by atoms with E-state index in [1.807, 2.05) is 75.4 Å². The van der Waals surface area contributed by atoms with Crippen LogP contribution in [-0.2, 0) is 25.7 Å². The van der Waals surface area contributed by atoms with Gasteiger partial charge in [-0.1, -0.05) is 96.3 Å². The molecule has 1 saturated heterocycles. The van der Waals surface area contributed by atoms with Crippen LogP contribution in [0.5, 0.6) is 5.75 Å². The first-order chi connectivity index (χ1) is 32.6. The van der Waals surface area contributed by atoms with Gasteiger partial charge in [-0.05, 0) is 72.9 Å². The third-order valence-electron chi connectivity index (χ3n) is 13.5. The van der Waals surface area contributed by atoms with Crippen LogP contribution in [0.1, 0.15) is 120 Å². The van der Waals surface area contributed by atoms with E-state index in [4.69, 9.17) is 27.6 Å². The average Bonchev–Trinajstić information content (AvgIpc) is 4.00. The van der Waals surface area contributed by atoms with Crippen LogP contribution in [0.25, 0.3) is 15.3 Å². The van der Waals surface area contributed by atoms with E-state index >= 15 is 0 Å². The Morgan fingerprint density at radius 3 is 2.43 bits per heavy atom. The molecule has 2 fully saturated rings. The van der Waals surface area contributed by atoms with Gasteiger partial charge in [0.2, 0.25) is 23.4 Å². The van der Waals surface area contributed by atoms with E-state index in [-0.39, 0.29) is 60.4 Å². The molecule has 0 spiro atoms. The standard InChI is InChI=1S/C53H62ClN7O7S/c1-31(33-16-18-34(19-17-33)44-32(2)57-30-69-44)58-46(64)42-24-37(62)28-60(42)48(66)45(51(3,4)5)59-43(63)29-67-22-14-12-11-13-15-36-23-35-27-61(47(65)39(35)26-56-36)49-52(6,7)50(53(49,8)9)68-38-20-21-41(55-10)40(54)25-38/h16-21,23,25-26,30-31,37,42,45,49-50,62H,11-12,14,22,24,27-29H2,1-9H3,(H,58,64)(H,59,63)/t31-,37+,42-,45?,49?,50?/m0/s1. The monoisotopic (exact) mass is 975 g/mol. The largest absolute Gasteiger partial charge is 0.489 e. The predicted molar refractivity (Wildman–Crippen MR) is 265 cm³/mol. The first kappa shape index (κ1) is 51.0. The number of amides is 4. The number of likely N-dealkylation sites (tertiary alicyclic amines) is 1. The quantitative estimate of drug-likeness (QED) is 0.0602. The molecule has 1 aliphatic carbocycles. The van der Waals surface area contributed by atoms with E-state index in [1.54, 1.807) is 35.7 Å². The van der Waals surface area contributed by atoms with Gasteiger partial charge in [0, 0.05) is 55.6 Å². The summed E-state index contributed by atoms with van der Waals surface area (Å²) in [6.45, 7) is 25.6. The third-order valence-corrected chi connectivity index (χ3v) is 14.8. The number of nitrogens with zero attached hydrogens (tertiary/aromatic N) is 5. The first-order valence-electron chi connectivity index (χ1n) is 23.4. The fourth-order valence-corrected chi connectivity index (χ4v) is 11.5. The molecule has 2 aromatic carbocycles. The number of fused-ring (bicyclic) bond motifs is 1. The molecule has 364 valence electrons. The number of β-amino-alcohol motifs (C(OH)–C–C–N with tert-alkyl or cyclic N) is 1. The van der Waals surface area contributed by atoms with Gasteiger partial charge in [-0.2, -0.15) is 0 Å². The van der Waals surface area contributed by atoms with Crippen LogP contribution in [0.3, 0.4) is 0 Å². The molecular weight excluding hydrogens is 914 g/mol. The SMILES string of the molecule is [C-]#[N+]c1ccc(OC2C(C)(C)C(N3Cc4cc(C#CCCCCOCC(=O)NC(C(=O)N5C[C@H](O)C[C@H]5C(=O)N[C@@H](C)c5ccc(-c6scnc6C)cc5)C(C)(C)C)ncc4C3=O)C2(C)C)cc1Cl. The van der Waals surface area contributed by atoms with Gasteiger partial charge in [0.25, 0.3) is 5.91 Å². The number of hydrogen-bond donors (Lipinski definition) is 3. The molecule has 1 unspecified atom stereocenters. The van der Waals surface area contributed by atoms with Crippen molar-refractivity contribution in [2.45, 2.75) is 131 Å². The van der Waals surface area contributed by atoms with Crippen molar-refractivity contribution in [2.24, 2.45) is 16.2 Å². The number of aliphatic hydroxyl groups excluding tert-OH is 1. The summed E-state index contributed by atoms with van der Waals surface area (Å²) in [6, 6.07) is 12.6. The Bertz CT molecular complexity index is 2680. The van der Waals surface area contributed by atoms with Crippen molar-refractivity contribution in [1.29, 1.82) is 0 Å². The molecule has 7 rings (SSSR count). The van der Waals surface area contributed by atoms with Gasteiger partial charge in [-0.3, -0.25) is 19.2 Å². The lowest BCUT2D eigenvalue weighted by atomic mass is 9.49. The number of benzene rings is 2. The molecule has 4 aromatic rings. The number of aromatic nitrogens is 2.